The van der Waals surface area contributed by atoms with Gasteiger partial charge in [-0.15, -0.1) is 0 Å². The number of aromatic nitrogens is 2. The zero-order chi connectivity index (χ0) is 13.5. The van der Waals surface area contributed by atoms with Gasteiger partial charge in [0, 0.05) is 17.1 Å². The lowest BCUT2D eigenvalue weighted by molar-refractivity contribution is 0.271. The minimum atomic E-state index is 0.530. The van der Waals surface area contributed by atoms with Crippen LogP contribution in [0.4, 0.5) is 0 Å². The molecule has 0 amide bonds. The summed E-state index contributed by atoms with van der Waals surface area (Å²) in [6, 6.07) is 5.95. The van der Waals surface area contributed by atoms with E-state index in [1.54, 1.807) is 6.33 Å². The van der Waals surface area contributed by atoms with Gasteiger partial charge in [-0.3, -0.25) is 0 Å². The van der Waals surface area contributed by atoms with Gasteiger partial charge in [-0.25, -0.2) is 9.97 Å². The number of nitrogens with zero attached hydrogens (tertiary/aromatic N) is 2. The number of hydrogen-bond donors (Lipinski definition) is 0. The molecule has 0 unspecified atom stereocenters. The molecule has 0 aliphatic carbocycles. The molecule has 2 aromatic rings. The van der Waals surface area contributed by atoms with E-state index in [0.29, 0.717) is 5.92 Å². The van der Waals surface area contributed by atoms with Crippen molar-refractivity contribution in [2.24, 2.45) is 5.92 Å². The number of hydrogen-bond acceptors (Lipinski definition) is 3. The van der Waals surface area contributed by atoms with Gasteiger partial charge < -0.3 is 4.74 Å². The minimum absolute atomic E-state index is 0.530. The standard InChI is InChI=1S/C13H16N2O.C2H6/c1-9(2)7-16-11-4-5-12-10(3)14-8-15-13(12)6-11;1-2/h4-6,8-9H,7H2,1-3H3;1-2H3. The monoisotopic (exact) mass is 246 g/mol. The van der Waals surface area contributed by atoms with E-state index < -0.39 is 0 Å². The Morgan fingerprint density at radius 2 is 1.89 bits per heavy atom. The minimum Gasteiger partial charge on any atom is -0.493 e. The van der Waals surface area contributed by atoms with Crippen LogP contribution in [0, 0.1) is 12.8 Å². The van der Waals surface area contributed by atoms with Crippen molar-refractivity contribution in [3.8, 4) is 5.75 Å². The van der Waals surface area contributed by atoms with Crippen molar-refractivity contribution in [3.05, 3.63) is 30.2 Å². The predicted octanol–water partition coefficient (Wildman–Crippen LogP) is 4.00. The molecule has 0 radical (unpaired) electrons. The third kappa shape index (κ3) is 3.69. The molecular weight excluding hydrogens is 224 g/mol. The topological polar surface area (TPSA) is 35.0 Å². The summed E-state index contributed by atoms with van der Waals surface area (Å²) in [6.45, 7) is 11.0. The Kier molecular flexibility index (Phi) is 5.56. The predicted molar refractivity (Wildman–Crippen MR) is 76.0 cm³/mol. The Morgan fingerprint density at radius 3 is 2.56 bits per heavy atom. The number of aryl methyl sites for hydroxylation is 1. The van der Waals surface area contributed by atoms with Crippen molar-refractivity contribution < 1.29 is 4.74 Å². The summed E-state index contributed by atoms with van der Waals surface area (Å²) in [5.74, 6) is 1.40. The Labute approximate surface area is 109 Å². The number of rotatable bonds is 3. The Morgan fingerprint density at radius 1 is 1.17 bits per heavy atom. The van der Waals surface area contributed by atoms with Crippen molar-refractivity contribution in [2.75, 3.05) is 6.61 Å². The van der Waals surface area contributed by atoms with Crippen molar-refractivity contribution >= 4 is 10.9 Å². The van der Waals surface area contributed by atoms with Crippen LogP contribution in [0.25, 0.3) is 10.9 Å². The highest BCUT2D eigenvalue weighted by atomic mass is 16.5. The first-order valence-corrected chi connectivity index (χ1v) is 6.51. The molecule has 1 aromatic carbocycles. The lowest BCUT2D eigenvalue weighted by atomic mass is 10.2. The first kappa shape index (κ1) is 14.4. The molecule has 0 aliphatic rings. The van der Waals surface area contributed by atoms with E-state index in [2.05, 4.69) is 23.8 Å². The fourth-order valence-electron chi connectivity index (χ4n) is 1.52. The maximum Gasteiger partial charge on any atom is 0.121 e. The normalized spacial score (nSPS) is 10.1. The fourth-order valence-corrected chi connectivity index (χ4v) is 1.52. The van der Waals surface area contributed by atoms with Gasteiger partial charge in [0.1, 0.15) is 12.1 Å². The van der Waals surface area contributed by atoms with Crippen LogP contribution in [0.1, 0.15) is 33.4 Å². The summed E-state index contributed by atoms with van der Waals surface area (Å²) < 4.78 is 5.65. The molecule has 0 saturated carbocycles. The number of fused-ring (bicyclic) bond motifs is 1. The van der Waals surface area contributed by atoms with Crippen LogP contribution in [0.5, 0.6) is 5.75 Å². The van der Waals surface area contributed by atoms with Gasteiger partial charge in [-0.05, 0) is 25.0 Å². The maximum atomic E-state index is 5.65. The zero-order valence-corrected chi connectivity index (χ0v) is 11.9. The molecule has 3 nitrogen and oxygen atoms in total. The molecule has 0 bridgehead atoms. The summed E-state index contributed by atoms with van der Waals surface area (Å²) in [5, 5.41) is 1.08. The fraction of sp³-hybridized carbons (Fsp3) is 0.467. The van der Waals surface area contributed by atoms with E-state index >= 15 is 0 Å². The van der Waals surface area contributed by atoms with Gasteiger partial charge in [-0.2, -0.15) is 0 Å². The largest absolute Gasteiger partial charge is 0.493 e. The van der Waals surface area contributed by atoms with E-state index in [9.17, 15) is 0 Å². The van der Waals surface area contributed by atoms with Gasteiger partial charge in [-0.1, -0.05) is 27.7 Å². The number of ether oxygens (including phenoxy) is 1. The first-order valence-electron chi connectivity index (χ1n) is 6.51. The van der Waals surface area contributed by atoms with Gasteiger partial charge in [0.05, 0.1) is 12.1 Å². The molecule has 0 fully saturated rings. The van der Waals surface area contributed by atoms with E-state index in [1.807, 2.05) is 39.0 Å². The molecule has 2 rings (SSSR count). The molecule has 0 spiro atoms. The molecule has 1 heterocycles. The Bertz CT molecular complexity index is 495. The summed E-state index contributed by atoms with van der Waals surface area (Å²) in [6.07, 6.45) is 1.59. The molecule has 0 N–H and O–H groups in total. The van der Waals surface area contributed by atoms with E-state index in [4.69, 9.17) is 4.74 Å². The first-order chi connectivity index (χ1) is 8.66. The van der Waals surface area contributed by atoms with Crippen LogP contribution < -0.4 is 4.74 Å². The van der Waals surface area contributed by atoms with Gasteiger partial charge in [0.2, 0.25) is 0 Å². The van der Waals surface area contributed by atoms with E-state index in [0.717, 1.165) is 29.0 Å². The average Bonchev–Trinajstić information content (AvgIpc) is 2.39. The molecule has 3 heteroatoms. The lowest BCUT2D eigenvalue weighted by Gasteiger charge is -2.09. The van der Waals surface area contributed by atoms with Crippen molar-refractivity contribution in [2.45, 2.75) is 34.6 Å². The van der Waals surface area contributed by atoms with Crippen molar-refractivity contribution in [1.29, 1.82) is 0 Å². The van der Waals surface area contributed by atoms with Gasteiger partial charge in [0.25, 0.3) is 0 Å². The highest BCUT2D eigenvalue weighted by Gasteiger charge is 2.02. The van der Waals surface area contributed by atoms with Crippen LogP contribution in [-0.2, 0) is 0 Å². The maximum absolute atomic E-state index is 5.65. The zero-order valence-electron chi connectivity index (χ0n) is 11.9. The van der Waals surface area contributed by atoms with E-state index in [1.165, 1.54) is 0 Å². The summed E-state index contributed by atoms with van der Waals surface area (Å²) in [5.41, 5.74) is 1.94. The number of benzene rings is 1. The molecule has 0 atom stereocenters. The molecule has 0 saturated heterocycles. The van der Waals surface area contributed by atoms with Crippen molar-refractivity contribution in [3.63, 3.8) is 0 Å². The lowest BCUT2D eigenvalue weighted by Crippen LogP contribution is -2.04. The van der Waals surface area contributed by atoms with Crippen molar-refractivity contribution in [1.82, 2.24) is 9.97 Å². The second-order valence-electron chi connectivity index (χ2n) is 4.34. The van der Waals surface area contributed by atoms with Crippen LogP contribution in [-0.4, -0.2) is 16.6 Å². The van der Waals surface area contributed by atoms with Gasteiger partial charge in [0.15, 0.2) is 0 Å². The Hall–Kier alpha value is -1.64. The molecular formula is C15H22N2O. The molecule has 98 valence electrons. The van der Waals surface area contributed by atoms with Gasteiger partial charge >= 0.3 is 0 Å². The summed E-state index contributed by atoms with van der Waals surface area (Å²) >= 11 is 0. The Balaban J connectivity index is 0.000000771. The average molecular weight is 246 g/mol. The summed E-state index contributed by atoms with van der Waals surface area (Å²) in [7, 11) is 0. The SMILES string of the molecule is CC.Cc1ncnc2cc(OCC(C)C)ccc12. The summed E-state index contributed by atoms with van der Waals surface area (Å²) in [4.78, 5) is 8.40. The highest BCUT2D eigenvalue weighted by Crippen LogP contribution is 2.20. The van der Waals surface area contributed by atoms with Crippen LogP contribution >= 0.6 is 0 Å². The van der Waals surface area contributed by atoms with Crippen LogP contribution in [0.2, 0.25) is 0 Å². The molecule has 0 aliphatic heterocycles. The van der Waals surface area contributed by atoms with E-state index in [-0.39, 0.29) is 0 Å². The second-order valence-corrected chi connectivity index (χ2v) is 4.34. The molecule has 18 heavy (non-hydrogen) atoms. The third-order valence-electron chi connectivity index (χ3n) is 2.39. The van der Waals surface area contributed by atoms with Crippen LogP contribution in [0.3, 0.4) is 0 Å². The third-order valence-corrected chi connectivity index (χ3v) is 2.39. The highest BCUT2D eigenvalue weighted by molar-refractivity contribution is 5.81. The quantitative estimate of drug-likeness (QED) is 0.821. The van der Waals surface area contributed by atoms with Crippen LogP contribution in [0.15, 0.2) is 24.5 Å². The second kappa shape index (κ2) is 6.94. The smallest absolute Gasteiger partial charge is 0.121 e. The molecule has 1 aromatic heterocycles.